The molecule has 4 rings (SSSR count). The number of para-hydroxylation sites is 1. The minimum absolute atomic E-state index is 0.0731. The van der Waals surface area contributed by atoms with E-state index in [1.54, 1.807) is 10.9 Å². The number of nitrogens with zero attached hydrogens (tertiary/aromatic N) is 4. The second kappa shape index (κ2) is 7.75. The van der Waals surface area contributed by atoms with Crippen molar-refractivity contribution in [2.24, 2.45) is 0 Å². The van der Waals surface area contributed by atoms with Gasteiger partial charge in [-0.2, -0.15) is 5.10 Å². The van der Waals surface area contributed by atoms with Gasteiger partial charge in [-0.1, -0.05) is 25.1 Å². The maximum absolute atomic E-state index is 12.9. The summed E-state index contributed by atoms with van der Waals surface area (Å²) in [6.45, 7) is 4.58. The van der Waals surface area contributed by atoms with E-state index in [9.17, 15) is 4.79 Å². The van der Waals surface area contributed by atoms with Crippen LogP contribution < -0.4 is 5.32 Å². The molecule has 3 aromatic rings. The number of benzene rings is 1. The fraction of sp³-hybridized carbons (Fsp3) is 0.350. The number of carbonyl (C=O) groups is 1. The van der Waals surface area contributed by atoms with Gasteiger partial charge in [-0.15, -0.1) is 0 Å². The third-order valence-electron chi connectivity index (χ3n) is 4.77. The molecule has 1 saturated heterocycles. The molecule has 140 valence electrons. The molecule has 1 unspecified atom stereocenters. The van der Waals surface area contributed by atoms with Crippen molar-refractivity contribution in [3.05, 3.63) is 54.7 Å². The summed E-state index contributed by atoms with van der Waals surface area (Å²) in [6.07, 6.45) is 6.87. The number of amides is 1. The summed E-state index contributed by atoms with van der Waals surface area (Å²) in [5.41, 5.74) is 2.04. The Morgan fingerprint density at radius 1 is 1.37 bits per heavy atom. The van der Waals surface area contributed by atoms with Crippen LogP contribution in [0.25, 0.3) is 17.1 Å². The van der Waals surface area contributed by atoms with E-state index in [2.05, 4.69) is 22.3 Å². The zero-order valence-corrected chi connectivity index (χ0v) is 15.3. The molecule has 0 spiro atoms. The second-order valence-electron chi connectivity index (χ2n) is 6.69. The number of nitrogens with one attached hydrogen (secondary N) is 1. The van der Waals surface area contributed by atoms with Crippen molar-refractivity contribution in [1.82, 2.24) is 25.0 Å². The predicted molar refractivity (Wildman–Crippen MR) is 102 cm³/mol. The molecule has 1 aliphatic heterocycles. The monoisotopic (exact) mass is 365 g/mol. The van der Waals surface area contributed by atoms with Gasteiger partial charge in [0.05, 0.1) is 17.4 Å². The van der Waals surface area contributed by atoms with Crippen LogP contribution >= 0.6 is 0 Å². The highest BCUT2D eigenvalue weighted by atomic mass is 16.3. The van der Waals surface area contributed by atoms with Crippen LogP contribution in [0.3, 0.4) is 0 Å². The summed E-state index contributed by atoms with van der Waals surface area (Å²) in [4.78, 5) is 19.3. The van der Waals surface area contributed by atoms with Gasteiger partial charge in [-0.05, 0) is 31.5 Å². The lowest BCUT2D eigenvalue weighted by Gasteiger charge is -2.27. The number of hydrogen-bond donors (Lipinski definition) is 1. The Bertz CT molecular complexity index is 896. The van der Waals surface area contributed by atoms with Crippen LogP contribution in [0.1, 0.15) is 30.3 Å². The first-order valence-electron chi connectivity index (χ1n) is 9.34. The Kier molecular flexibility index (Phi) is 5.02. The molecule has 1 aliphatic rings. The molecule has 0 saturated carbocycles. The SMILES string of the molecule is CCCN(C(=O)c1coc(-c2cnn(-c3ccccc3)c2)n1)C1CCNC1. The number of aromatic nitrogens is 3. The molecule has 2 aromatic heterocycles. The Morgan fingerprint density at radius 3 is 2.96 bits per heavy atom. The number of oxazole rings is 1. The zero-order valence-electron chi connectivity index (χ0n) is 15.3. The first-order valence-corrected chi connectivity index (χ1v) is 9.34. The molecule has 7 heteroatoms. The zero-order chi connectivity index (χ0) is 18.6. The van der Waals surface area contributed by atoms with Gasteiger partial charge in [0, 0.05) is 25.3 Å². The lowest BCUT2D eigenvalue weighted by atomic mass is 10.2. The van der Waals surface area contributed by atoms with Gasteiger partial charge in [-0.3, -0.25) is 4.79 Å². The highest BCUT2D eigenvalue weighted by molar-refractivity contribution is 5.92. The quantitative estimate of drug-likeness (QED) is 0.727. The summed E-state index contributed by atoms with van der Waals surface area (Å²) in [6, 6.07) is 10.0. The standard InChI is InChI=1S/C20H23N5O2/c1-2-10-24(17-8-9-21-12-17)20(26)18-14-27-19(23-18)15-11-22-25(13-15)16-6-4-3-5-7-16/h3-7,11,13-14,17,21H,2,8-10,12H2,1H3. The summed E-state index contributed by atoms with van der Waals surface area (Å²) < 4.78 is 7.34. The molecular formula is C20H23N5O2. The molecule has 0 bridgehead atoms. The first kappa shape index (κ1) is 17.5. The van der Waals surface area contributed by atoms with Crippen molar-refractivity contribution < 1.29 is 9.21 Å². The van der Waals surface area contributed by atoms with Gasteiger partial charge in [0.15, 0.2) is 5.69 Å². The summed E-state index contributed by atoms with van der Waals surface area (Å²) in [5, 5.41) is 7.68. The Balaban J connectivity index is 1.54. The minimum atomic E-state index is -0.0731. The van der Waals surface area contributed by atoms with E-state index in [1.807, 2.05) is 41.4 Å². The minimum Gasteiger partial charge on any atom is -0.444 e. The number of rotatable bonds is 6. The van der Waals surface area contributed by atoms with Crippen molar-refractivity contribution in [2.45, 2.75) is 25.8 Å². The lowest BCUT2D eigenvalue weighted by molar-refractivity contribution is 0.0686. The summed E-state index contributed by atoms with van der Waals surface area (Å²) in [7, 11) is 0. The van der Waals surface area contributed by atoms with Crippen LogP contribution in [-0.2, 0) is 0 Å². The second-order valence-corrected chi connectivity index (χ2v) is 6.69. The van der Waals surface area contributed by atoms with E-state index >= 15 is 0 Å². The molecular weight excluding hydrogens is 342 g/mol. The van der Waals surface area contributed by atoms with Crippen LogP contribution in [-0.4, -0.2) is 51.2 Å². The van der Waals surface area contributed by atoms with Crippen molar-refractivity contribution in [3.8, 4) is 17.1 Å². The van der Waals surface area contributed by atoms with E-state index < -0.39 is 0 Å². The molecule has 27 heavy (non-hydrogen) atoms. The summed E-state index contributed by atoms with van der Waals surface area (Å²) >= 11 is 0. The van der Waals surface area contributed by atoms with E-state index in [1.165, 1.54) is 6.26 Å². The third kappa shape index (κ3) is 3.64. The molecule has 1 N–H and O–H groups in total. The molecule has 1 fully saturated rings. The maximum Gasteiger partial charge on any atom is 0.276 e. The summed E-state index contributed by atoms with van der Waals surface area (Å²) in [5.74, 6) is 0.331. The Morgan fingerprint density at radius 2 is 2.22 bits per heavy atom. The normalized spacial score (nSPS) is 16.6. The van der Waals surface area contributed by atoms with E-state index in [0.29, 0.717) is 11.6 Å². The lowest BCUT2D eigenvalue weighted by Crippen LogP contribution is -2.42. The van der Waals surface area contributed by atoms with Gasteiger partial charge in [0.1, 0.15) is 6.26 Å². The topological polar surface area (TPSA) is 76.2 Å². The van der Waals surface area contributed by atoms with Crippen LogP contribution in [0.4, 0.5) is 0 Å². The highest BCUT2D eigenvalue weighted by Gasteiger charge is 2.28. The van der Waals surface area contributed by atoms with Crippen LogP contribution in [0, 0.1) is 0 Å². The number of carbonyl (C=O) groups excluding carboxylic acids is 1. The van der Waals surface area contributed by atoms with Crippen molar-refractivity contribution in [2.75, 3.05) is 19.6 Å². The molecule has 1 amide bonds. The van der Waals surface area contributed by atoms with E-state index in [-0.39, 0.29) is 11.9 Å². The van der Waals surface area contributed by atoms with Gasteiger partial charge >= 0.3 is 0 Å². The van der Waals surface area contributed by atoms with E-state index in [4.69, 9.17) is 4.42 Å². The van der Waals surface area contributed by atoms with Gasteiger partial charge in [-0.25, -0.2) is 9.67 Å². The predicted octanol–water partition coefficient (Wildman–Crippen LogP) is 2.74. The largest absolute Gasteiger partial charge is 0.444 e. The maximum atomic E-state index is 12.9. The van der Waals surface area contributed by atoms with Gasteiger partial charge in [0.2, 0.25) is 5.89 Å². The number of hydrogen-bond acceptors (Lipinski definition) is 5. The molecule has 0 radical (unpaired) electrons. The van der Waals surface area contributed by atoms with Crippen molar-refractivity contribution >= 4 is 5.91 Å². The Labute approximate surface area is 158 Å². The first-order chi connectivity index (χ1) is 13.3. The Hall–Kier alpha value is -2.93. The molecule has 3 heterocycles. The van der Waals surface area contributed by atoms with Crippen molar-refractivity contribution in [1.29, 1.82) is 0 Å². The van der Waals surface area contributed by atoms with Crippen molar-refractivity contribution in [3.63, 3.8) is 0 Å². The fourth-order valence-corrected chi connectivity index (χ4v) is 3.40. The van der Waals surface area contributed by atoms with E-state index in [0.717, 1.165) is 43.7 Å². The van der Waals surface area contributed by atoms with Crippen LogP contribution in [0.5, 0.6) is 0 Å². The average molecular weight is 365 g/mol. The smallest absolute Gasteiger partial charge is 0.276 e. The molecule has 1 aromatic carbocycles. The van der Waals surface area contributed by atoms with Crippen LogP contribution in [0.2, 0.25) is 0 Å². The highest BCUT2D eigenvalue weighted by Crippen LogP contribution is 2.21. The molecule has 7 nitrogen and oxygen atoms in total. The third-order valence-corrected chi connectivity index (χ3v) is 4.77. The average Bonchev–Trinajstić information content (AvgIpc) is 3.47. The molecule has 1 atom stereocenters. The molecule has 0 aliphatic carbocycles. The fourth-order valence-electron chi connectivity index (χ4n) is 3.40. The van der Waals surface area contributed by atoms with Crippen LogP contribution in [0.15, 0.2) is 53.4 Å². The van der Waals surface area contributed by atoms with Gasteiger partial charge in [0.25, 0.3) is 5.91 Å². The van der Waals surface area contributed by atoms with Gasteiger partial charge < -0.3 is 14.6 Å².